The molecule has 4 nitrogen and oxygen atoms in total. The maximum atomic E-state index is 13.1. The van der Waals surface area contributed by atoms with E-state index in [0.29, 0.717) is 13.0 Å². The summed E-state index contributed by atoms with van der Waals surface area (Å²) in [5, 5.41) is 0. The van der Waals surface area contributed by atoms with E-state index in [1.165, 1.54) is 0 Å². The molecule has 1 aliphatic carbocycles. The predicted octanol–water partition coefficient (Wildman–Crippen LogP) is 3.30. The third-order valence-electron chi connectivity index (χ3n) is 5.11. The Morgan fingerprint density at radius 1 is 1.25 bits per heavy atom. The number of carbonyl (C=O) groups is 2. The van der Waals surface area contributed by atoms with Crippen LogP contribution in [0.3, 0.4) is 0 Å². The molecule has 1 amide bonds. The average Bonchev–Trinajstić information content (AvgIpc) is 3.36. The lowest BCUT2D eigenvalue weighted by molar-refractivity contribution is -0.150. The molecule has 2 aliphatic rings. The first-order valence-corrected chi connectivity index (χ1v) is 9.05. The lowest BCUT2D eigenvalue weighted by Gasteiger charge is -2.35. The highest BCUT2D eigenvalue weighted by atomic mass is 16.5. The summed E-state index contributed by atoms with van der Waals surface area (Å²) >= 11 is 0. The number of rotatable bonds is 5. The molecular weight excluding hydrogens is 302 g/mol. The molecule has 0 N–H and O–H groups in total. The second kappa shape index (κ2) is 6.96. The van der Waals surface area contributed by atoms with Gasteiger partial charge in [0.05, 0.1) is 17.9 Å². The van der Waals surface area contributed by atoms with E-state index in [-0.39, 0.29) is 29.3 Å². The lowest BCUT2D eigenvalue weighted by Crippen LogP contribution is -2.45. The van der Waals surface area contributed by atoms with Crippen molar-refractivity contribution in [2.75, 3.05) is 13.1 Å². The monoisotopic (exact) mass is 329 g/mol. The summed E-state index contributed by atoms with van der Waals surface area (Å²) in [7, 11) is 0. The molecule has 1 aromatic carbocycles. The van der Waals surface area contributed by atoms with Gasteiger partial charge in [0.2, 0.25) is 5.91 Å². The number of carbonyl (C=O) groups excluding carboxylic acids is 2. The number of hydrogen-bond donors (Lipinski definition) is 0. The molecule has 24 heavy (non-hydrogen) atoms. The van der Waals surface area contributed by atoms with E-state index in [9.17, 15) is 9.59 Å². The number of esters is 1. The zero-order chi connectivity index (χ0) is 17.2. The normalized spacial score (nSPS) is 22.3. The summed E-state index contributed by atoms with van der Waals surface area (Å²) in [6.07, 6.45) is 4.18. The van der Waals surface area contributed by atoms with Crippen LogP contribution in [0, 0.1) is 5.92 Å². The molecule has 2 fully saturated rings. The number of ether oxygens (including phenoxy) is 1. The number of nitrogens with zero attached hydrogens (tertiary/aromatic N) is 1. The van der Waals surface area contributed by atoms with Gasteiger partial charge in [-0.05, 0) is 51.0 Å². The molecule has 1 aliphatic heterocycles. The topological polar surface area (TPSA) is 46.6 Å². The van der Waals surface area contributed by atoms with Gasteiger partial charge in [-0.1, -0.05) is 30.3 Å². The molecule has 1 heterocycles. The minimum absolute atomic E-state index is 0.0772. The second-order valence-corrected chi connectivity index (χ2v) is 7.45. The van der Waals surface area contributed by atoms with Crippen LogP contribution in [-0.4, -0.2) is 36.0 Å². The molecule has 0 spiro atoms. The Morgan fingerprint density at radius 2 is 1.96 bits per heavy atom. The van der Waals surface area contributed by atoms with E-state index in [1.54, 1.807) is 0 Å². The van der Waals surface area contributed by atoms with Gasteiger partial charge in [-0.3, -0.25) is 9.59 Å². The van der Waals surface area contributed by atoms with Crippen molar-refractivity contribution in [3.63, 3.8) is 0 Å². The van der Waals surface area contributed by atoms with E-state index in [4.69, 9.17) is 4.74 Å². The highest BCUT2D eigenvalue weighted by Gasteiger charge is 2.53. The van der Waals surface area contributed by atoms with E-state index in [1.807, 2.05) is 36.9 Å². The molecule has 1 saturated heterocycles. The fraction of sp³-hybridized carbons (Fsp3) is 0.600. The second-order valence-electron chi connectivity index (χ2n) is 7.45. The smallest absolute Gasteiger partial charge is 0.306 e. The van der Waals surface area contributed by atoms with E-state index in [2.05, 4.69) is 12.1 Å². The van der Waals surface area contributed by atoms with Crippen LogP contribution in [0.2, 0.25) is 0 Å². The average molecular weight is 329 g/mol. The SMILES string of the molecule is CC(C)OC(=O)C[C@@H]1CCCN(C(=O)C2(c3ccccc3)CC2)C1. The molecule has 0 unspecified atom stereocenters. The van der Waals surface area contributed by atoms with Crippen LogP contribution in [-0.2, 0) is 19.7 Å². The van der Waals surface area contributed by atoms with Gasteiger partial charge < -0.3 is 9.64 Å². The van der Waals surface area contributed by atoms with Crippen LogP contribution < -0.4 is 0 Å². The Balaban J connectivity index is 1.63. The van der Waals surface area contributed by atoms with Crippen LogP contribution in [0.5, 0.6) is 0 Å². The minimum Gasteiger partial charge on any atom is -0.463 e. The van der Waals surface area contributed by atoms with Crippen molar-refractivity contribution in [1.82, 2.24) is 4.90 Å². The largest absolute Gasteiger partial charge is 0.463 e. The molecule has 0 bridgehead atoms. The Labute approximate surface area is 144 Å². The molecule has 3 rings (SSSR count). The van der Waals surface area contributed by atoms with Gasteiger partial charge in [-0.15, -0.1) is 0 Å². The first kappa shape index (κ1) is 17.0. The standard InChI is InChI=1S/C20H27NO3/c1-15(2)24-18(22)13-16-7-6-12-21(14-16)19(23)20(10-11-20)17-8-4-3-5-9-17/h3-5,8-9,15-16H,6-7,10-14H2,1-2H3/t16-/m0/s1. The first-order valence-electron chi connectivity index (χ1n) is 9.05. The third kappa shape index (κ3) is 3.63. The summed E-state index contributed by atoms with van der Waals surface area (Å²) in [5.41, 5.74) is 0.832. The molecule has 4 heteroatoms. The van der Waals surface area contributed by atoms with Crippen LogP contribution in [0.4, 0.5) is 0 Å². The van der Waals surface area contributed by atoms with Crippen molar-refractivity contribution >= 4 is 11.9 Å². The summed E-state index contributed by atoms with van der Waals surface area (Å²) in [6, 6.07) is 10.1. The molecule has 1 atom stereocenters. The van der Waals surface area contributed by atoms with Gasteiger partial charge in [0.15, 0.2) is 0 Å². The number of likely N-dealkylation sites (tertiary alicyclic amines) is 1. The van der Waals surface area contributed by atoms with Crippen molar-refractivity contribution in [1.29, 1.82) is 0 Å². The molecule has 0 radical (unpaired) electrons. The fourth-order valence-corrected chi connectivity index (χ4v) is 3.77. The van der Waals surface area contributed by atoms with Crippen molar-refractivity contribution in [3.05, 3.63) is 35.9 Å². The van der Waals surface area contributed by atoms with Gasteiger partial charge in [-0.2, -0.15) is 0 Å². The quantitative estimate of drug-likeness (QED) is 0.779. The van der Waals surface area contributed by atoms with E-state index >= 15 is 0 Å². The Bertz CT molecular complexity index is 592. The first-order chi connectivity index (χ1) is 11.5. The van der Waals surface area contributed by atoms with Crippen molar-refractivity contribution < 1.29 is 14.3 Å². The minimum atomic E-state index is -0.304. The summed E-state index contributed by atoms with van der Waals surface area (Å²) < 4.78 is 5.26. The number of piperidine rings is 1. The lowest BCUT2D eigenvalue weighted by atomic mass is 9.90. The number of amides is 1. The van der Waals surface area contributed by atoms with E-state index < -0.39 is 0 Å². The maximum absolute atomic E-state index is 13.1. The van der Waals surface area contributed by atoms with Crippen molar-refractivity contribution in [2.45, 2.75) is 57.5 Å². The molecular formula is C20H27NO3. The van der Waals surface area contributed by atoms with Gasteiger partial charge in [0.25, 0.3) is 0 Å². The Kier molecular flexibility index (Phi) is 4.93. The van der Waals surface area contributed by atoms with Gasteiger partial charge >= 0.3 is 5.97 Å². The predicted molar refractivity (Wildman–Crippen MR) is 92.5 cm³/mol. The number of benzene rings is 1. The van der Waals surface area contributed by atoms with Crippen LogP contribution in [0.1, 0.15) is 51.5 Å². The highest BCUT2D eigenvalue weighted by Crippen LogP contribution is 2.50. The third-order valence-corrected chi connectivity index (χ3v) is 5.11. The van der Waals surface area contributed by atoms with Crippen molar-refractivity contribution in [2.24, 2.45) is 5.92 Å². The van der Waals surface area contributed by atoms with Crippen LogP contribution in [0.25, 0.3) is 0 Å². The van der Waals surface area contributed by atoms with Crippen LogP contribution >= 0.6 is 0 Å². The van der Waals surface area contributed by atoms with Gasteiger partial charge in [-0.25, -0.2) is 0 Å². The fourth-order valence-electron chi connectivity index (χ4n) is 3.77. The van der Waals surface area contributed by atoms with E-state index in [0.717, 1.165) is 37.8 Å². The molecule has 130 valence electrons. The maximum Gasteiger partial charge on any atom is 0.306 e. The number of hydrogen-bond acceptors (Lipinski definition) is 3. The van der Waals surface area contributed by atoms with Crippen molar-refractivity contribution in [3.8, 4) is 0 Å². The molecule has 1 saturated carbocycles. The summed E-state index contributed by atoms with van der Waals surface area (Å²) in [4.78, 5) is 27.0. The zero-order valence-electron chi connectivity index (χ0n) is 14.7. The molecule has 1 aromatic rings. The Morgan fingerprint density at radius 3 is 2.58 bits per heavy atom. The van der Waals surface area contributed by atoms with Crippen LogP contribution in [0.15, 0.2) is 30.3 Å². The van der Waals surface area contributed by atoms with Gasteiger partial charge in [0.1, 0.15) is 0 Å². The highest BCUT2D eigenvalue weighted by molar-refractivity contribution is 5.91. The Hall–Kier alpha value is -1.84. The summed E-state index contributed by atoms with van der Waals surface area (Å²) in [5.74, 6) is 0.324. The zero-order valence-corrected chi connectivity index (χ0v) is 14.7. The van der Waals surface area contributed by atoms with Gasteiger partial charge in [0, 0.05) is 13.1 Å². The molecule has 0 aromatic heterocycles. The summed E-state index contributed by atoms with van der Waals surface area (Å²) in [6.45, 7) is 5.22.